The van der Waals surface area contributed by atoms with E-state index in [1.165, 1.54) is 19.3 Å². The summed E-state index contributed by atoms with van der Waals surface area (Å²) in [5, 5.41) is 22.7. The lowest BCUT2D eigenvalue weighted by atomic mass is 9.95. The second-order valence-electron chi connectivity index (χ2n) is 6.76. The number of imidazole rings is 1. The van der Waals surface area contributed by atoms with Crippen LogP contribution in [0.1, 0.15) is 42.5 Å². The highest BCUT2D eigenvalue weighted by molar-refractivity contribution is 5.96. The van der Waals surface area contributed by atoms with Crippen molar-refractivity contribution in [2.75, 3.05) is 5.32 Å². The molecule has 0 unspecified atom stereocenters. The number of hydrogen-bond donors (Lipinski definition) is 3. The van der Waals surface area contributed by atoms with Gasteiger partial charge in [-0.05, 0) is 49.2 Å². The number of hydrogen-bond acceptors (Lipinski definition) is 4. The highest BCUT2D eigenvalue weighted by atomic mass is 16.4. The first-order chi connectivity index (χ1) is 12.6. The molecule has 1 fully saturated rings. The van der Waals surface area contributed by atoms with Crippen LogP contribution in [0, 0.1) is 0 Å². The monoisotopic (exact) mass is 351 g/mol. The molecule has 2 aromatic heterocycles. The van der Waals surface area contributed by atoms with Gasteiger partial charge in [-0.25, -0.2) is 9.78 Å². The van der Waals surface area contributed by atoms with Gasteiger partial charge in [0, 0.05) is 17.8 Å². The number of carbonyl (C=O) groups is 1. The molecule has 1 aliphatic rings. The van der Waals surface area contributed by atoms with E-state index in [2.05, 4.69) is 10.3 Å². The van der Waals surface area contributed by atoms with Gasteiger partial charge >= 0.3 is 5.97 Å². The average molecular weight is 351 g/mol. The van der Waals surface area contributed by atoms with Crippen LogP contribution in [0.5, 0.6) is 5.75 Å². The Morgan fingerprint density at radius 2 is 1.85 bits per heavy atom. The molecule has 4 rings (SSSR count). The lowest BCUT2D eigenvalue weighted by Gasteiger charge is -2.24. The molecule has 0 amide bonds. The average Bonchev–Trinajstić information content (AvgIpc) is 3.01. The summed E-state index contributed by atoms with van der Waals surface area (Å²) in [7, 11) is 0. The van der Waals surface area contributed by atoms with E-state index in [0.29, 0.717) is 17.4 Å². The van der Waals surface area contributed by atoms with Crippen LogP contribution in [0.25, 0.3) is 16.9 Å². The van der Waals surface area contributed by atoms with Crippen molar-refractivity contribution < 1.29 is 15.0 Å². The topological polar surface area (TPSA) is 86.9 Å². The zero-order chi connectivity index (χ0) is 18.1. The number of anilines is 1. The van der Waals surface area contributed by atoms with E-state index in [1.54, 1.807) is 36.4 Å². The molecule has 0 aliphatic heterocycles. The number of rotatable bonds is 4. The molecule has 1 aliphatic carbocycles. The number of phenolic OH excluding ortho intramolecular Hbond substituents is 1. The zero-order valence-electron chi connectivity index (χ0n) is 14.4. The first-order valence-electron chi connectivity index (χ1n) is 8.94. The van der Waals surface area contributed by atoms with Crippen molar-refractivity contribution in [1.82, 2.24) is 9.38 Å². The number of carboxylic acids is 1. The summed E-state index contributed by atoms with van der Waals surface area (Å²) < 4.78 is 1.82. The van der Waals surface area contributed by atoms with E-state index >= 15 is 0 Å². The predicted octanol–water partition coefficient (Wildman–Crippen LogP) is 4.15. The van der Waals surface area contributed by atoms with Gasteiger partial charge in [0.15, 0.2) is 5.65 Å². The van der Waals surface area contributed by atoms with Crippen molar-refractivity contribution in [1.29, 1.82) is 0 Å². The molecule has 26 heavy (non-hydrogen) atoms. The van der Waals surface area contributed by atoms with Crippen molar-refractivity contribution in [3.63, 3.8) is 0 Å². The number of nitrogens with one attached hydrogen (secondary N) is 1. The van der Waals surface area contributed by atoms with Crippen LogP contribution in [-0.4, -0.2) is 31.6 Å². The van der Waals surface area contributed by atoms with Crippen LogP contribution < -0.4 is 5.32 Å². The quantitative estimate of drug-likeness (QED) is 0.657. The van der Waals surface area contributed by atoms with Gasteiger partial charge in [0.2, 0.25) is 0 Å². The molecule has 0 atom stereocenters. The zero-order valence-corrected chi connectivity index (χ0v) is 14.4. The molecule has 0 radical (unpaired) electrons. The minimum absolute atomic E-state index is 0.171. The van der Waals surface area contributed by atoms with Crippen molar-refractivity contribution >= 4 is 17.4 Å². The van der Waals surface area contributed by atoms with Gasteiger partial charge in [-0.3, -0.25) is 4.40 Å². The largest absolute Gasteiger partial charge is 0.508 e. The SMILES string of the molecule is O=C(O)c1cccn2c(NC3CCCCC3)c(-c3ccc(O)cc3)nc12. The fourth-order valence-corrected chi connectivity index (χ4v) is 3.63. The standard InChI is InChI=1S/C20H21N3O3/c24-15-10-8-13(9-11-15)17-19(21-14-5-2-1-3-6-14)23-12-4-7-16(20(25)26)18(23)22-17/h4,7-12,14,21,24H,1-3,5-6H2,(H,25,26). The molecule has 2 heterocycles. The van der Waals surface area contributed by atoms with Crippen LogP contribution in [0.2, 0.25) is 0 Å². The molecular weight excluding hydrogens is 330 g/mol. The highest BCUT2D eigenvalue weighted by Crippen LogP contribution is 2.33. The van der Waals surface area contributed by atoms with Gasteiger partial charge in [-0.15, -0.1) is 0 Å². The molecule has 6 nitrogen and oxygen atoms in total. The lowest BCUT2D eigenvalue weighted by molar-refractivity contribution is 0.0698. The Morgan fingerprint density at radius 1 is 1.12 bits per heavy atom. The number of fused-ring (bicyclic) bond motifs is 1. The highest BCUT2D eigenvalue weighted by Gasteiger charge is 2.22. The Balaban J connectivity index is 1.87. The summed E-state index contributed by atoms with van der Waals surface area (Å²) in [4.78, 5) is 16.2. The summed E-state index contributed by atoms with van der Waals surface area (Å²) in [6.07, 6.45) is 7.69. The van der Waals surface area contributed by atoms with Crippen molar-refractivity contribution in [2.24, 2.45) is 0 Å². The van der Waals surface area contributed by atoms with E-state index in [1.807, 2.05) is 10.6 Å². The third-order valence-electron chi connectivity index (χ3n) is 4.97. The minimum Gasteiger partial charge on any atom is -0.508 e. The van der Waals surface area contributed by atoms with Gasteiger partial charge in [0.05, 0.1) is 0 Å². The van der Waals surface area contributed by atoms with Gasteiger partial charge in [-0.1, -0.05) is 19.3 Å². The fourth-order valence-electron chi connectivity index (χ4n) is 3.63. The summed E-state index contributed by atoms with van der Waals surface area (Å²) >= 11 is 0. The van der Waals surface area contributed by atoms with Gasteiger partial charge < -0.3 is 15.5 Å². The number of benzene rings is 1. The Bertz CT molecular complexity index is 941. The predicted molar refractivity (Wildman–Crippen MR) is 99.7 cm³/mol. The van der Waals surface area contributed by atoms with Crippen LogP contribution in [-0.2, 0) is 0 Å². The van der Waals surface area contributed by atoms with Crippen molar-refractivity contribution in [3.05, 3.63) is 48.2 Å². The number of phenols is 1. The summed E-state index contributed by atoms with van der Waals surface area (Å²) in [6, 6.07) is 10.5. The minimum atomic E-state index is -0.998. The number of pyridine rings is 1. The number of aromatic hydroxyl groups is 1. The van der Waals surface area contributed by atoms with E-state index in [9.17, 15) is 15.0 Å². The lowest BCUT2D eigenvalue weighted by Crippen LogP contribution is -2.23. The molecule has 1 aromatic carbocycles. The number of nitrogens with zero attached hydrogens (tertiary/aromatic N) is 2. The first-order valence-corrected chi connectivity index (χ1v) is 8.94. The van der Waals surface area contributed by atoms with E-state index in [-0.39, 0.29) is 11.3 Å². The Morgan fingerprint density at radius 3 is 2.54 bits per heavy atom. The number of aromatic carboxylic acids is 1. The Kier molecular flexibility index (Phi) is 4.24. The first kappa shape index (κ1) is 16.4. The maximum absolute atomic E-state index is 11.6. The molecule has 134 valence electrons. The molecule has 1 saturated carbocycles. The molecule has 0 spiro atoms. The third kappa shape index (κ3) is 2.98. The maximum Gasteiger partial charge on any atom is 0.339 e. The van der Waals surface area contributed by atoms with Gasteiger partial charge in [0.25, 0.3) is 0 Å². The van der Waals surface area contributed by atoms with E-state index < -0.39 is 5.97 Å². The second-order valence-corrected chi connectivity index (χ2v) is 6.76. The Hall–Kier alpha value is -3.02. The normalized spacial score (nSPS) is 15.2. The van der Waals surface area contributed by atoms with Gasteiger partial charge in [-0.2, -0.15) is 0 Å². The van der Waals surface area contributed by atoms with Crippen LogP contribution in [0.4, 0.5) is 5.82 Å². The van der Waals surface area contributed by atoms with E-state index in [4.69, 9.17) is 0 Å². The van der Waals surface area contributed by atoms with Crippen LogP contribution in [0.3, 0.4) is 0 Å². The molecule has 0 bridgehead atoms. The summed E-state index contributed by atoms with van der Waals surface area (Å²) in [6.45, 7) is 0. The molecule has 3 N–H and O–H groups in total. The summed E-state index contributed by atoms with van der Waals surface area (Å²) in [5.41, 5.74) is 2.12. The molecular formula is C20H21N3O3. The number of aromatic nitrogens is 2. The maximum atomic E-state index is 11.6. The van der Waals surface area contributed by atoms with Crippen LogP contribution >= 0.6 is 0 Å². The summed E-state index contributed by atoms with van der Waals surface area (Å²) in [5.74, 6) is -0.00621. The third-order valence-corrected chi connectivity index (χ3v) is 4.97. The van der Waals surface area contributed by atoms with E-state index in [0.717, 1.165) is 24.2 Å². The smallest absolute Gasteiger partial charge is 0.339 e. The Labute approximate surface area is 151 Å². The fraction of sp³-hybridized carbons (Fsp3) is 0.300. The molecule has 0 saturated heterocycles. The van der Waals surface area contributed by atoms with Crippen LogP contribution in [0.15, 0.2) is 42.6 Å². The molecule has 6 heteroatoms. The van der Waals surface area contributed by atoms with Crippen molar-refractivity contribution in [3.8, 4) is 17.0 Å². The number of carboxylic acid groups (broad SMARTS) is 1. The molecule has 3 aromatic rings. The second kappa shape index (κ2) is 6.71. The van der Waals surface area contributed by atoms with Crippen molar-refractivity contribution in [2.45, 2.75) is 38.1 Å². The van der Waals surface area contributed by atoms with Gasteiger partial charge in [0.1, 0.15) is 22.8 Å².